The van der Waals surface area contributed by atoms with E-state index in [0.717, 1.165) is 24.9 Å². The smallest absolute Gasteiger partial charge is 0.191 e. The maximum Gasteiger partial charge on any atom is 0.191 e. The Hall–Kier alpha value is -1.66. The van der Waals surface area contributed by atoms with E-state index in [9.17, 15) is 9.50 Å². The van der Waals surface area contributed by atoms with E-state index in [1.807, 2.05) is 19.9 Å². The van der Waals surface area contributed by atoms with Crippen molar-refractivity contribution in [2.24, 2.45) is 10.4 Å². The third-order valence-corrected chi connectivity index (χ3v) is 4.85. The van der Waals surface area contributed by atoms with Crippen LogP contribution in [0.3, 0.4) is 0 Å². The first-order valence-electron chi connectivity index (χ1n) is 8.99. The number of benzene rings is 1. The van der Waals surface area contributed by atoms with E-state index in [1.54, 1.807) is 19.1 Å². The highest BCUT2D eigenvalue weighted by atomic mass is 19.1. The summed E-state index contributed by atoms with van der Waals surface area (Å²) in [5.74, 6) is 0.477. The zero-order chi connectivity index (χ0) is 18.3. The SMILES string of the molecule is CCNC(=NCC1(CO)CCOCC1)NC(C)c1ccc(C)c(F)c1. The molecule has 0 spiro atoms. The summed E-state index contributed by atoms with van der Waals surface area (Å²) in [7, 11) is 0. The van der Waals surface area contributed by atoms with E-state index >= 15 is 0 Å². The Labute approximate surface area is 149 Å². The molecule has 1 aliphatic rings. The summed E-state index contributed by atoms with van der Waals surface area (Å²) in [6.45, 7) is 8.45. The summed E-state index contributed by atoms with van der Waals surface area (Å²) in [5, 5.41) is 16.3. The fourth-order valence-corrected chi connectivity index (χ4v) is 2.90. The fourth-order valence-electron chi connectivity index (χ4n) is 2.90. The molecule has 0 saturated carbocycles. The number of nitrogens with one attached hydrogen (secondary N) is 2. The Kier molecular flexibility index (Phi) is 7.20. The van der Waals surface area contributed by atoms with Crippen molar-refractivity contribution in [2.45, 2.75) is 39.7 Å². The van der Waals surface area contributed by atoms with Crippen LogP contribution in [-0.4, -0.2) is 44.0 Å². The average Bonchev–Trinajstić information content (AvgIpc) is 2.63. The van der Waals surface area contributed by atoms with Gasteiger partial charge in [0.2, 0.25) is 0 Å². The average molecular weight is 351 g/mol. The third kappa shape index (κ3) is 5.41. The Bertz CT molecular complexity index is 586. The number of hydrogen-bond donors (Lipinski definition) is 3. The van der Waals surface area contributed by atoms with E-state index in [2.05, 4.69) is 15.6 Å². The number of aliphatic hydroxyl groups is 1. The van der Waals surface area contributed by atoms with Crippen LogP contribution in [0, 0.1) is 18.2 Å². The Balaban J connectivity index is 2.06. The van der Waals surface area contributed by atoms with Gasteiger partial charge in [0.15, 0.2) is 5.96 Å². The van der Waals surface area contributed by atoms with Gasteiger partial charge in [0.05, 0.1) is 19.2 Å². The highest BCUT2D eigenvalue weighted by molar-refractivity contribution is 5.80. The molecule has 25 heavy (non-hydrogen) atoms. The van der Waals surface area contributed by atoms with Gasteiger partial charge in [-0.05, 0) is 50.8 Å². The van der Waals surface area contributed by atoms with Gasteiger partial charge in [-0.2, -0.15) is 0 Å². The molecule has 0 amide bonds. The largest absolute Gasteiger partial charge is 0.396 e. The third-order valence-electron chi connectivity index (χ3n) is 4.85. The van der Waals surface area contributed by atoms with Gasteiger partial charge in [0, 0.05) is 25.2 Å². The Morgan fingerprint density at radius 2 is 2.12 bits per heavy atom. The summed E-state index contributed by atoms with van der Waals surface area (Å²) in [5.41, 5.74) is 1.30. The minimum Gasteiger partial charge on any atom is -0.396 e. The molecule has 140 valence electrons. The van der Waals surface area contributed by atoms with Crippen molar-refractivity contribution in [3.63, 3.8) is 0 Å². The molecule has 0 aromatic heterocycles. The lowest BCUT2D eigenvalue weighted by molar-refractivity contribution is -0.0106. The lowest BCUT2D eigenvalue weighted by Crippen LogP contribution is -2.41. The van der Waals surface area contributed by atoms with Crippen molar-refractivity contribution in [2.75, 3.05) is 32.9 Å². The zero-order valence-electron chi connectivity index (χ0n) is 15.4. The maximum atomic E-state index is 13.8. The molecular weight excluding hydrogens is 321 g/mol. The molecule has 1 atom stereocenters. The second-order valence-electron chi connectivity index (χ2n) is 6.84. The first-order chi connectivity index (χ1) is 12.0. The normalized spacial score (nSPS) is 18.7. The van der Waals surface area contributed by atoms with Crippen molar-refractivity contribution in [1.82, 2.24) is 10.6 Å². The van der Waals surface area contributed by atoms with Crippen molar-refractivity contribution in [1.29, 1.82) is 0 Å². The first-order valence-corrected chi connectivity index (χ1v) is 8.99. The number of rotatable bonds is 6. The quantitative estimate of drug-likeness (QED) is 0.544. The minimum atomic E-state index is -0.209. The second kappa shape index (κ2) is 9.15. The topological polar surface area (TPSA) is 65.9 Å². The number of aryl methyl sites for hydroxylation is 1. The summed E-state index contributed by atoms with van der Waals surface area (Å²) in [4.78, 5) is 4.67. The molecule has 3 N–H and O–H groups in total. The van der Waals surface area contributed by atoms with Crippen LogP contribution in [0.2, 0.25) is 0 Å². The van der Waals surface area contributed by atoms with Gasteiger partial charge in [-0.15, -0.1) is 0 Å². The fraction of sp³-hybridized carbons (Fsp3) is 0.632. The molecule has 1 saturated heterocycles. The molecule has 1 fully saturated rings. The van der Waals surface area contributed by atoms with Crippen LogP contribution in [0.5, 0.6) is 0 Å². The standard InChI is InChI=1S/C19H30FN3O2/c1-4-21-18(22-12-19(13-24)7-9-25-10-8-19)23-15(3)16-6-5-14(2)17(20)11-16/h5-6,11,15,24H,4,7-10,12-13H2,1-3H3,(H2,21,22,23). The molecule has 1 unspecified atom stereocenters. The van der Waals surface area contributed by atoms with Crippen molar-refractivity contribution >= 4 is 5.96 Å². The van der Waals surface area contributed by atoms with Crippen molar-refractivity contribution in [3.05, 3.63) is 35.1 Å². The van der Waals surface area contributed by atoms with Crippen LogP contribution in [0.4, 0.5) is 4.39 Å². The summed E-state index contributed by atoms with van der Waals surface area (Å²) in [6, 6.07) is 5.19. The lowest BCUT2D eigenvalue weighted by Gasteiger charge is -2.34. The van der Waals surface area contributed by atoms with Crippen LogP contribution in [-0.2, 0) is 4.74 Å². The molecule has 1 heterocycles. The minimum absolute atomic E-state index is 0.0762. The van der Waals surface area contributed by atoms with Crippen LogP contribution in [0.15, 0.2) is 23.2 Å². The number of hydrogen-bond acceptors (Lipinski definition) is 3. The van der Waals surface area contributed by atoms with Crippen LogP contribution >= 0.6 is 0 Å². The number of halogens is 1. The van der Waals surface area contributed by atoms with Gasteiger partial charge in [-0.1, -0.05) is 12.1 Å². The molecule has 6 heteroatoms. The highest BCUT2D eigenvalue weighted by Crippen LogP contribution is 2.30. The van der Waals surface area contributed by atoms with Crippen molar-refractivity contribution < 1.29 is 14.2 Å². The van der Waals surface area contributed by atoms with Crippen molar-refractivity contribution in [3.8, 4) is 0 Å². The summed E-state index contributed by atoms with van der Waals surface area (Å²) < 4.78 is 19.2. The molecule has 0 bridgehead atoms. The number of guanidine groups is 1. The zero-order valence-corrected chi connectivity index (χ0v) is 15.4. The first kappa shape index (κ1) is 19.7. The van der Waals surface area contributed by atoms with E-state index in [4.69, 9.17) is 4.74 Å². The van der Waals surface area contributed by atoms with Gasteiger partial charge >= 0.3 is 0 Å². The number of nitrogens with zero attached hydrogens (tertiary/aromatic N) is 1. The predicted molar refractivity (Wildman–Crippen MR) is 98.2 cm³/mol. The molecule has 0 radical (unpaired) electrons. The second-order valence-corrected chi connectivity index (χ2v) is 6.84. The van der Waals surface area contributed by atoms with E-state index in [1.165, 1.54) is 0 Å². The van der Waals surface area contributed by atoms with Crippen LogP contribution < -0.4 is 10.6 Å². The molecular formula is C19H30FN3O2. The van der Waals surface area contributed by atoms with E-state index in [-0.39, 0.29) is 23.9 Å². The van der Waals surface area contributed by atoms with Gasteiger partial charge in [0.1, 0.15) is 5.82 Å². The monoisotopic (exact) mass is 351 g/mol. The number of ether oxygens (including phenoxy) is 1. The molecule has 2 rings (SSSR count). The Morgan fingerprint density at radius 1 is 1.40 bits per heavy atom. The maximum absolute atomic E-state index is 13.8. The Morgan fingerprint density at radius 3 is 2.72 bits per heavy atom. The molecule has 1 aliphatic heterocycles. The summed E-state index contributed by atoms with van der Waals surface area (Å²) in [6.07, 6.45) is 1.62. The van der Waals surface area contributed by atoms with Crippen LogP contribution in [0.25, 0.3) is 0 Å². The highest BCUT2D eigenvalue weighted by Gasteiger charge is 2.32. The number of aliphatic imine (C=N–C) groups is 1. The number of aliphatic hydroxyl groups excluding tert-OH is 1. The molecule has 1 aromatic carbocycles. The van der Waals surface area contributed by atoms with Gasteiger partial charge in [-0.3, -0.25) is 4.99 Å². The molecule has 0 aliphatic carbocycles. The van der Waals surface area contributed by atoms with Gasteiger partial charge in [-0.25, -0.2) is 4.39 Å². The predicted octanol–water partition coefficient (Wildman–Crippen LogP) is 2.54. The lowest BCUT2D eigenvalue weighted by atomic mass is 9.81. The molecule has 5 nitrogen and oxygen atoms in total. The summed E-state index contributed by atoms with van der Waals surface area (Å²) >= 11 is 0. The molecule has 1 aromatic rings. The van der Waals surface area contributed by atoms with Gasteiger partial charge < -0.3 is 20.5 Å². The van der Waals surface area contributed by atoms with E-state index < -0.39 is 0 Å². The van der Waals surface area contributed by atoms with Crippen LogP contribution in [0.1, 0.15) is 43.9 Å². The van der Waals surface area contributed by atoms with Gasteiger partial charge in [0.25, 0.3) is 0 Å². The van der Waals surface area contributed by atoms with E-state index in [0.29, 0.717) is 31.3 Å².